The summed E-state index contributed by atoms with van der Waals surface area (Å²) in [6.45, 7) is 1.20. The van der Waals surface area contributed by atoms with E-state index >= 15 is 0 Å². The third-order valence-corrected chi connectivity index (χ3v) is 4.78. The minimum atomic E-state index is -1.51. The maximum Gasteiger partial charge on any atom is 0.276 e. The van der Waals surface area contributed by atoms with Crippen LogP contribution in [0.2, 0.25) is 5.02 Å². The SMILES string of the molecule is COc1cc(N=NC(C(C)=O)C(=O)N(Cl)c2cccc(OC)c2OC)c(OC)cc1Cl. The number of carbonyl (C=O) groups is 2. The van der Waals surface area contributed by atoms with E-state index in [1.54, 1.807) is 12.1 Å². The lowest BCUT2D eigenvalue weighted by Crippen LogP contribution is -2.36. The maximum absolute atomic E-state index is 13.0. The molecule has 0 saturated heterocycles. The first-order valence-corrected chi connectivity index (χ1v) is 9.54. The largest absolute Gasteiger partial charge is 0.495 e. The fraction of sp³-hybridized carbons (Fsp3) is 0.300. The predicted octanol–water partition coefficient (Wildman–Crippen LogP) is 4.60. The Morgan fingerprint density at radius 3 is 2.16 bits per heavy atom. The molecule has 2 aromatic carbocycles. The first-order chi connectivity index (χ1) is 14.8. The van der Waals surface area contributed by atoms with Gasteiger partial charge in [0.15, 0.2) is 17.3 Å². The van der Waals surface area contributed by atoms with E-state index in [0.29, 0.717) is 16.5 Å². The molecule has 2 aromatic rings. The molecule has 0 aliphatic rings. The number of Topliss-reactive ketones (excluding diaryl/α,β-unsaturated/α-hetero) is 1. The predicted molar refractivity (Wildman–Crippen MR) is 116 cm³/mol. The van der Waals surface area contributed by atoms with E-state index in [4.69, 9.17) is 42.3 Å². The molecule has 0 N–H and O–H groups in total. The Balaban J connectivity index is 2.41. The molecule has 0 heterocycles. The first-order valence-electron chi connectivity index (χ1n) is 8.82. The second-order valence-electron chi connectivity index (χ2n) is 6.02. The van der Waals surface area contributed by atoms with Crippen molar-refractivity contribution in [3.05, 3.63) is 35.4 Å². The quantitative estimate of drug-likeness (QED) is 0.302. The molecule has 1 amide bonds. The van der Waals surface area contributed by atoms with E-state index in [2.05, 4.69) is 10.2 Å². The van der Waals surface area contributed by atoms with E-state index in [0.717, 1.165) is 4.42 Å². The van der Waals surface area contributed by atoms with Crippen LogP contribution in [0.4, 0.5) is 11.4 Å². The Labute approximate surface area is 189 Å². The number of carbonyl (C=O) groups excluding carboxylic acids is 2. The van der Waals surface area contributed by atoms with Crippen LogP contribution < -0.4 is 23.4 Å². The summed E-state index contributed by atoms with van der Waals surface area (Å²) in [6.07, 6.45) is 0. The van der Waals surface area contributed by atoms with Gasteiger partial charge in [0.05, 0.1) is 33.5 Å². The molecule has 2 rings (SSSR count). The first kappa shape index (κ1) is 24.2. The average molecular weight is 470 g/mol. The van der Waals surface area contributed by atoms with Gasteiger partial charge in [0.25, 0.3) is 5.91 Å². The number of methoxy groups -OCH3 is 4. The van der Waals surface area contributed by atoms with Gasteiger partial charge in [-0.15, -0.1) is 0 Å². The molecule has 0 aromatic heterocycles. The van der Waals surface area contributed by atoms with E-state index in [1.807, 2.05) is 0 Å². The summed E-state index contributed by atoms with van der Waals surface area (Å²) < 4.78 is 21.6. The molecule has 11 heteroatoms. The van der Waals surface area contributed by atoms with E-state index in [9.17, 15) is 9.59 Å². The number of ether oxygens (including phenoxy) is 4. The van der Waals surface area contributed by atoms with E-state index in [-0.39, 0.29) is 22.9 Å². The number of anilines is 1. The monoisotopic (exact) mass is 469 g/mol. The molecule has 0 spiro atoms. The zero-order chi connectivity index (χ0) is 23.1. The smallest absolute Gasteiger partial charge is 0.276 e. The fourth-order valence-electron chi connectivity index (χ4n) is 2.60. The molecule has 166 valence electrons. The molecule has 31 heavy (non-hydrogen) atoms. The Bertz CT molecular complexity index is 999. The number of rotatable bonds is 9. The summed E-state index contributed by atoms with van der Waals surface area (Å²) in [4.78, 5) is 25.1. The lowest BCUT2D eigenvalue weighted by Gasteiger charge is -2.20. The Hall–Kier alpha value is -3.04. The van der Waals surface area contributed by atoms with Gasteiger partial charge in [-0.1, -0.05) is 17.7 Å². The maximum atomic E-state index is 13.0. The topological polar surface area (TPSA) is 99.0 Å². The summed E-state index contributed by atoms with van der Waals surface area (Å²) >= 11 is 12.3. The summed E-state index contributed by atoms with van der Waals surface area (Å²) in [7, 11) is 5.70. The molecule has 0 aliphatic heterocycles. The number of azo groups is 1. The number of benzene rings is 2. The van der Waals surface area contributed by atoms with Crippen LogP contribution in [0.5, 0.6) is 23.0 Å². The van der Waals surface area contributed by atoms with Gasteiger partial charge in [0, 0.05) is 23.9 Å². The Morgan fingerprint density at radius 1 is 0.968 bits per heavy atom. The van der Waals surface area contributed by atoms with Gasteiger partial charge in [-0.05, 0) is 19.1 Å². The second-order valence-corrected chi connectivity index (χ2v) is 6.76. The van der Waals surface area contributed by atoms with Crippen molar-refractivity contribution >= 4 is 46.4 Å². The number of nitrogens with zero attached hydrogens (tertiary/aromatic N) is 3. The molecule has 0 fully saturated rings. The summed E-state index contributed by atoms with van der Waals surface area (Å²) in [5, 5.41) is 8.20. The van der Waals surface area contributed by atoms with Crippen molar-refractivity contribution in [1.29, 1.82) is 0 Å². The van der Waals surface area contributed by atoms with Crippen molar-refractivity contribution in [3.63, 3.8) is 0 Å². The Morgan fingerprint density at radius 2 is 1.61 bits per heavy atom. The second kappa shape index (κ2) is 10.8. The number of hydrogen-bond acceptors (Lipinski definition) is 8. The Kier molecular flexibility index (Phi) is 8.47. The van der Waals surface area contributed by atoms with Gasteiger partial charge in [-0.2, -0.15) is 10.2 Å². The number of amides is 1. The van der Waals surface area contributed by atoms with E-state index < -0.39 is 17.7 Å². The minimum Gasteiger partial charge on any atom is -0.495 e. The van der Waals surface area contributed by atoms with Crippen molar-refractivity contribution in [3.8, 4) is 23.0 Å². The lowest BCUT2D eigenvalue weighted by atomic mass is 10.2. The van der Waals surface area contributed by atoms with Crippen LogP contribution in [0, 0.1) is 0 Å². The molecule has 9 nitrogen and oxygen atoms in total. The van der Waals surface area contributed by atoms with Gasteiger partial charge < -0.3 is 18.9 Å². The third-order valence-electron chi connectivity index (χ3n) is 4.14. The van der Waals surface area contributed by atoms with Crippen molar-refractivity contribution in [2.24, 2.45) is 10.2 Å². The third kappa shape index (κ3) is 5.36. The van der Waals surface area contributed by atoms with E-state index in [1.165, 1.54) is 53.6 Å². The van der Waals surface area contributed by atoms with Crippen molar-refractivity contribution in [2.45, 2.75) is 13.0 Å². The average Bonchev–Trinajstić information content (AvgIpc) is 2.77. The zero-order valence-electron chi connectivity index (χ0n) is 17.5. The molecule has 0 aliphatic carbocycles. The van der Waals surface area contributed by atoms with Gasteiger partial charge in [0.1, 0.15) is 22.9 Å². The minimum absolute atomic E-state index is 0.181. The number of ketones is 1. The normalized spacial score (nSPS) is 11.7. The summed E-state index contributed by atoms with van der Waals surface area (Å²) in [6, 6.07) is 6.23. The number of hydrogen-bond donors (Lipinski definition) is 0. The molecule has 1 unspecified atom stereocenters. The number of halogens is 2. The molecule has 1 atom stereocenters. The standard InChI is InChI=1S/C20H21Cl2N3O6/c1-11(26)18(24-23-13-10-16(29-3)12(21)9-17(13)30-4)20(27)25(22)14-7-6-8-15(28-2)19(14)31-5/h6-10,18H,1-5H3. The van der Waals surface area contributed by atoms with Crippen LogP contribution in [0.3, 0.4) is 0 Å². The van der Waals surface area contributed by atoms with Crippen LogP contribution in [0.1, 0.15) is 6.92 Å². The van der Waals surface area contributed by atoms with Gasteiger partial charge in [-0.25, -0.2) is 4.42 Å². The van der Waals surface area contributed by atoms with Gasteiger partial charge in [-0.3, -0.25) is 9.59 Å². The van der Waals surface area contributed by atoms with Crippen molar-refractivity contribution in [1.82, 2.24) is 0 Å². The van der Waals surface area contributed by atoms with Gasteiger partial charge >= 0.3 is 0 Å². The summed E-state index contributed by atoms with van der Waals surface area (Å²) in [5.41, 5.74) is 0.392. The summed E-state index contributed by atoms with van der Waals surface area (Å²) in [5.74, 6) is -0.219. The molecular formula is C20H21Cl2N3O6. The molecule has 0 saturated carbocycles. The van der Waals surface area contributed by atoms with Crippen molar-refractivity contribution < 1.29 is 28.5 Å². The molecule has 0 radical (unpaired) electrons. The highest BCUT2D eigenvalue weighted by Gasteiger charge is 2.31. The highest BCUT2D eigenvalue weighted by Crippen LogP contribution is 2.39. The van der Waals surface area contributed by atoms with Crippen LogP contribution in [0.15, 0.2) is 40.6 Å². The highest BCUT2D eigenvalue weighted by molar-refractivity contribution is 6.39. The lowest BCUT2D eigenvalue weighted by molar-refractivity contribution is -0.126. The molecular weight excluding hydrogens is 449 g/mol. The van der Waals surface area contributed by atoms with Crippen LogP contribution in [0.25, 0.3) is 0 Å². The zero-order valence-corrected chi connectivity index (χ0v) is 19.0. The van der Waals surface area contributed by atoms with Crippen LogP contribution in [-0.4, -0.2) is 46.2 Å². The van der Waals surface area contributed by atoms with Crippen LogP contribution in [-0.2, 0) is 9.59 Å². The number of para-hydroxylation sites is 1. The van der Waals surface area contributed by atoms with Gasteiger partial charge in [0.2, 0.25) is 6.04 Å². The van der Waals surface area contributed by atoms with Crippen LogP contribution >= 0.6 is 23.4 Å². The van der Waals surface area contributed by atoms with Crippen molar-refractivity contribution in [2.75, 3.05) is 32.9 Å². The highest BCUT2D eigenvalue weighted by atomic mass is 35.5. The molecule has 0 bridgehead atoms. The fourth-order valence-corrected chi connectivity index (χ4v) is 3.05.